The Hall–Kier alpha value is -4.40. The molecule has 11 heteroatoms. The summed E-state index contributed by atoms with van der Waals surface area (Å²) in [6.07, 6.45) is 6.01. The number of carbonyl (C=O) groups excluding carboxylic acids is 1. The van der Waals surface area contributed by atoms with Crippen LogP contribution in [-0.2, 0) is 10.0 Å². The van der Waals surface area contributed by atoms with Crippen LogP contribution in [0.5, 0.6) is 5.75 Å². The molecule has 0 aliphatic carbocycles. The number of likely N-dealkylation sites (tertiary alicyclic amines) is 1. The van der Waals surface area contributed by atoms with Crippen LogP contribution >= 0.6 is 0 Å². The van der Waals surface area contributed by atoms with E-state index in [-0.39, 0.29) is 11.7 Å². The van der Waals surface area contributed by atoms with E-state index in [2.05, 4.69) is 25.7 Å². The van der Waals surface area contributed by atoms with Crippen LogP contribution < -0.4 is 9.46 Å². The molecule has 0 saturated carbocycles. The third kappa shape index (κ3) is 5.68. The molecule has 1 saturated heterocycles. The molecule has 1 amide bonds. The van der Waals surface area contributed by atoms with Gasteiger partial charge in [-0.2, -0.15) is 5.26 Å². The molecule has 0 spiro atoms. The molecular weight excluding hydrogens is 552 g/mol. The molecule has 10 nitrogen and oxygen atoms in total. The van der Waals surface area contributed by atoms with Crippen molar-refractivity contribution in [3.63, 3.8) is 0 Å². The molecule has 1 fully saturated rings. The number of ether oxygens (including phenoxy) is 1. The molecular formula is C31H32N6O4S. The van der Waals surface area contributed by atoms with Crippen molar-refractivity contribution in [1.29, 1.82) is 5.26 Å². The van der Waals surface area contributed by atoms with Gasteiger partial charge in [0.05, 0.1) is 35.2 Å². The number of H-pyrrole nitrogens is 1. The minimum atomic E-state index is -3.51. The van der Waals surface area contributed by atoms with Crippen LogP contribution in [0.15, 0.2) is 54.9 Å². The lowest BCUT2D eigenvalue weighted by Crippen LogP contribution is -2.38. The SMILES string of the molecule is CCS(=O)(=O)Nc1cc(C#N)cc(-c2c[nH]c3ncc(-c4ccc5c(c4)OCCN(CCN4CCCC4)C5=O)cc23)c1. The minimum absolute atomic E-state index is 0.0124. The average Bonchev–Trinajstić information content (AvgIpc) is 3.65. The van der Waals surface area contributed by atoms with E-state index in [4.69, 9.17) is 4.74 Å². The molecule has 4 heterocycles. The number of nitrogens with zero attached hydrogens (tertiary/aromatic N) is 4. The van der Waals surface area contributed by atoms with Crippen LogP contribution in [-0.4, -0.2) is 79.2 Å². The van der Waals surface area contributed by atoms with Crippen LogP contribution in [0.3, 0.4) is 0 Å². The van der Waals surface area contributed by atoms with Crippen molar-refractivity contribution in [2.24, 2.45) is 0 Å². The number of benzene rings is 2. The molecule has 4 aromatic rings. The number of aromatic nitrogens is 2. The van der Waals surface area contributed by atoms with E-state index in [1.165, 1.54) is 18.9 Å². The summed E-state index contributed by atoms with van der Waals surface area (Å²) in [7, 11) is -3.51. The Balaban J connectivity index is 1.30. The zero-order valence-corrected chi connectivity index (χ0v) is 24.2. The summed E-state index contributed by atoms with van der Waals surface area (Å²) in [6.45, 7) is 6.31. The summed E-state index contributed by atoms with van der Waals surface area (Å²) in [4.78, 5) is 25.4. The van der Waals surface area contributed by atoms with Gasteiger partial charge in [0.15, 0.2) is 0 Å². The first-order valence-corrected chi connectivity index (χ1v) is 15.8. The van der Waals surface area contributed by atoms with E-state index < -0.39 is 10.0 Å². The lowest BCUT2D eigenvalue weighted by Gasteiger charge is -2.23. The van der Waals surface area contributed by atoms with Crippen LogP contribution in [0.1, 0.15) is 35.7 Å². The molecule has 0 atom stereocenters. The highest BCUT2D eigenvalue weighted by atomic mass is 32.2. The fourth-order valence-electron chi connectivity index (χ4n) is 5.58. The van der Waals surface area contributed by atoms with Crippen molar-refractivity contribution < 1.29 is 17.9 Å². The van der Waals surface area contributed by atoms with E-state index in [9.17, 15) is 18.5 Å². The summed E-state index contributed by atoms with van der Waals surface area (Å²) in [5, 5.41) is 10.4. The standard InChI is InChI=1S/C31H32N6O4S/c1-2-42(39,40)35-25-14-21(18-32)13-23(15-25)28-20-34-30-27(28)16-24(19-33-30)22-5-6-26-29(17-22)41-12-11-37(31(26)38)10-9-36-7-3-4-8-36/h5-6,13-17,19-20,35H,2-4,7-12H2,1H3,(H,33,34). The number of amides is 1. The Labute approximate surface area is 245 Å². The molecule has 2 aliphatic heterocycles. The number of aromatic amines is 1. The maximum absolute atomic E-state index is 13.4. The lowest BCUT2D eigenvalue weighted by atomic mass is 9.99. The summed E-state index contributed by atoms with van der Waals surface area (Å²) in [6, 6.07) is 14.7. The maximum Gasteiger partial charge on any atom is 0.257 e. The summed E-state index contributed by atoms with van der Waals surface area (Å²) >= 11 is 0. The second kappa shape index (κ2) is 11.5. The van der Waals surface area contributed by atoms with Gasteiger partial charge in [0.25, 0.3) is 5.91 Å². The number of anilines is 1. The van der Waals surface area contributed by atoms with Crippen molar-refractivity contribution in [3.8, 4) is 34.1 Å². The number of fused-ring (bicyclic) bond motifs is 2. The zero-order chi connectivity index (χ0) is 29.3. The third-order valence-corrected chi connectivity index (χ3v) is 9.20. The molecule has 2 aliphatic rings. The van der Waals surface area contributed by atoms with Gasteiger partial charge < -0.3 is 19.5 Å². The van der Waals surface area contributed by atoms with E-state index >= 15 is 0 Å². The van der Waals surface area contributed by atoms with Gasteiger partial charge in [0.2, 0.25) is 10.0 Å². The summed E-state index contributed by atoms with van der Waals surface area (Å²) < 4.78 is 33.0. The molecule has 0 radical (unpaired) electrons. The van der Waals surface area contributed by atoms with E-state index in [1.807, 2.05) is 29.2 Å². The van der Waals surface area contributed by atoms with Gasteiger partial charge in [-0.25, -0.2) is 13.4 Å². The first-order valence-electron chi connectivity index (χ1n) is 14.2. The first kappa shape index (κ1) is 27.8. The van der Waals surface area contributed by atoms with Gasteiger partial charge in [-0.1, -0.05) is 6.07 Å². The van der Waals surface area contributed by atoms with Crippen molar-refractivity contribution in [1.82, 2.24) is 19.8 Å². The first-order chi connectivity index (χ1) is 20.3. The van der Waals surface area contributed by atoms with Crippen molar-refractivity contribution in [3.05, 3.63) is 66.0 Å². The summed E-state index contributed by atoms with van der Waals surface area (Å²) in [5.74, 6) is 0.471. The largest absolute Gasteiger partial charge is 0.491 e. The molecule has 42 heavy (non-hydrogen) atoms. The highest BCUT2D eigenvalue weighted by molar-refractivity contribution is 7.92. The second-order valence-corrected chi connectivity index (χ2v) is 12.7. The number of sulfonamides is 1. The van der Waals surface area contributed by atoms with Gasteiger partial charge in [-0.05, 0) is 80.4 Å². The molecule has 6 rings (SSSR count). The number of nitrogens with one attached hydrogen (secondary N) is 2. The number of hydrogen-bond acceptors (Lipinski definition) is 7. The topological polar surface area (TPSA) is 131 Å². The van der Waals surface area contributed by atoms with Gasteiger partial charge in [0.1, 0.15) is 18.0 Å². The molecule has 2 N–H and O–H groups in total. The van der Waals surface area contributed by atoms with E-state index in [1.54, 1.807) is 31.5 Å². The average molecular weight is 585 g/mol. The Morgan fingerprint density at radius 2 is 1.86 bits per heavy atom. The monoisotopic (exact) mass is 584 g/mol. The minimum Gasteiger partial charge on any atom is -0.491 e. The fourth-order valence-corrected chi connectivity index (χ4v) is 6.20. The third-order valence-electron chi connectivity index (χ3n) is 7.89. The molecule has 2 aromatic carbocycles. The van der Waals surface area contributed by atoms with E-state index in [0.717, 1.165) is 41.7 Å². The smallest absolute Gasteiger partial charge is 0.257 e. The Kier molecular flexibility index (Phi) is 7.58. The predicted octanol–water partition coefficient (Wildman–Crippen LogP) is 4.46. The molecule has 0 bridgehead atoms. The van der Waals surface area contributed by atoms with Crippen molar-refractivity contribution in [2.75, 3.05) is 49.8 Å². The second-order valence-electron chi connectivity index (χ2n) is 10.6. The Morgan fingerprint density at radius 1 is 1.02 bits per heavy atom. The van der Waals surface area contributed by atoms with Crippen molar-refractivity contribution >= 4 is 32.7 Å². The van der Waals surface area contributed by atoms with E-state index in [0.29, 0.717) is 53.5 Å². The van der Waals surface area contributed by atoms with Crippen molar-refractivity contribution in [2.45, 2.75) is 19.8 Å². The number of rotatable bonds is 8. The highest BCUT2D eigenvalue weighted by Gasteiger charge is 2.25. The van der Waals surface area contributed by atoms with Crippen LogP contribution in [0.25, 0.3) is 33.3 Å². The Bertz CT molecular complexity index is 1800. The number of nitriles is 1. The highest BCUT2D eigenvalue weighted by Crippen LogP contribution is 2.35. The maximum atomic E-state index is 13.4. The van der Waals surface area contributed by atoms with Gasteiger partial charge in [-0.15, -0.1) is 0 Å². The number of pyridine rings is 1. The van der Waals surface area contributed by atoms with Gasteiger partial charge >= 0.3 is 0 Å². The van der Waals surface area contributed by atoms with Crippen LogP contribution in [0.4, 0.5) is 5.69 Å². The normalized spacial score (nSPS) is 15.7. The van der Waals surface area contributed by atoms with Gasteiger partial charge in [0, 0.05) is 42.0 Å². The molecule has 2 aromatic heterocycles. The predicted molar refractivity (Wildman–Crippen MR) is 162 cm³/mol. The quantitative estimate of drug-likeness (QED) is 0.313. The molecule has 216 valence electrons. The fraction of sp³-hybridized carbons (Fsp3) is 0.323. The van der Waals surface area contributed by atoms with Crippen LogP contribution in [0.2, 0.25) is 0 Å². The Morgan fingerprint density at radius 3 is 2.64 bits per heavy atom. The van der Waals surface area contributed by atoms with Gasteiger partial charge in [-0.3, -0.25) is 9.52 Å². The molecule has 0 unspecified atom stereocenters. The summed E-state index contributed by atoms with van der Waals surface area (Å²) in [5.41, 5.74) is 5.02. The number of carbonyl (C=O) groups is 1. The lowest BCUT2D eigenvalue weighted by molar-refractivity contribution is 0.0740. The zero-order valence-electron chi connectivity index (χ0n) is 23.4. The number of hydrogen-bond donors (Lipinski definition) is 2. The van der Waals surface area contributed by atoms with Crippen LogP contribution in [0, 0.1) is 11.3 Å².